The highest BCUT2D eigenvalue weighted by molar-refractivity contribution is 5.40. The number of nitrogens with two attached hydrogens (primary N) is 1. The molecule has 2 atom stereocenters. The van der Waals surface area contributed by atoms with Gasteiger partial charge in [0.25, 0.3) is 0 Å². The Morgan fingerprint density at radius 3 is 2.83 bits per heavy atom. The zero-order valence-corrected chi connectivity index (χ0v) is 11.1. The molecule has 2 heteroatoms. The molecule has 2 unspecified atom stereocenters. The van der Waals surface area contributed by atoms with Gasteiger partial charge in [-0.1, -0.05) is 25.0 Å². The summed E-state index contributed by atoms with van der Waals surface area (Å²) in [6.07, 6.45) is 8.58. The van der Waals surface area contributed by atoms with Crippen molar-refractivity contribution in [3.05, 3.63) is 29.8 Å². The summed E-state index contributed by atoms with van der Waals surface area (Å²) in [7, 11) is 0. The molecule has 1 saturated carbocycles. The van der Waals surface area contributed by atoms with Crippen LogP contribution in [0, 0.1) is 5.92 Å². The molecule has 0 bridgehead atoms. The molecule has 0 radical (unpaired) electrons. The molecule has 98 valence electrons. The monoisotopic (exact) mass is 244 g/mol. The third kappa shape index (κ3) is 2.54. The molecular weight excluding hydrogens is 220 g/mol. The molecule has 3 rings (SSSR count). The Hall–Kier alpha value is -1.02. The van der Waals surface area contributed by atoms with Crippen molar-refractivity contribution in [2.24, 2.45) is 5.92 Å². The van der Waals surface area contributed by atoms with Crippen molar-refractivity contribution in [3.63, 3.8) is 0 Å². The predicted octanol–water partition coefficient (Wildman–Crippen LogP) is 3.42. The number of fused-ring (bicyclic) bond motifs is 1. The number of piperidine rings is 1. The largest absolute Gasteiger partial charge is 0.399 e. The lowest BCUT2D eigenvalue weighted by atomic mass is 9.78. The molecule has 1 saturated heterocycles. The molecule has 1 aromatic rings. The molecule has 1 aliphatic carbocycles. The summed E-state index contributed by atoms with van der Waals surface area (Å²) >= 11 is 0. The Balaban J connectivity index is 1.71. The smallest absolute Gasteiger partial charge is 0.0317 e. The van der Waals surface area contributed by atoms with E-state index in [-0.39, 0.29) is 0 Å². The minimum atomic E-state index is 0.842. The standard InChI is InChI=1S/C16H24N2/c17-15-8-3-5-13(11-15)12-18-10-4-7-14-6-1-2-9-16(14)18/h3,5,8,11,14,16H,1-2,4,6-7,9-10,12,17H2. The normalized spacial score (nSPS) is 28.9. The van der Waals surface area contributed by atoms with Gasteiger partial charge in [0.15, 0.2) is 0 Å². The van der Waals surface area contributed by atoms with Gasteiger partial charge in [0.1, 0.15) is 0 Å². The van der Waals surface area contributed by atoms with Crippen molar-refractivity contribution in [2.45, 2.75) is 51.1 Å². The van der Waals surface area contributed by atoms with Crippen LogP contribution in [0.25, 0.3) is 0 Å². The van der Waals surface area contributed by atoms with E-state index >= 15 is 0 Å². The Bertz CT molecular complexity index is 400. The lowest BCUT2D eigenvalue weighted by Crippen LogP contribution is -2.46. The third-order valence-electron chi connectivity index (χ3n) is 4.69. The fourth-order valence-electron chi connectivity index (χ4n) is 3.85. The van der Waals surface area contributed by atoms with E-state index in [1.54, 1.807) is 0 Å². The number of likely N-dealkylation sites (tertiary alicyclic amines) is 1. The number of benzene rings is 1. The van der Waals surface area contributed by atoms with Gasteiger partial charge in [-0.3, -0.25) is 4.90 Å². The van der Waals surface area contributed by atoms with Gasteiger partial charge in [-0.25, -0.2) is 0 Å². The van der Waals surface area contributed by atoms with E-state index in [1.165, 1.54) is 50.6 Å². The number of anilines is 1. The summed E-state index contributed by atoms with van der Waals surface area (Å²) in [5.74, 6) is 0.966. The second kappa shape index (κ2) is 5.31. The Labute approximate surface area is 110 Å². The van der Waals surface area contributed by atoms with Crippen molar-refractivity contribution in [3.8, 4) is 0 Å². The highest BCUT2D eigenvalue weighted by Gasteiger charge is 2.32. The van der Waals surface area contributed by atoms with Crippen LogP contribution < -0.4 is 5.73 Å². The molecule has 1 heterocycles. The fourth-order valence-corrected chi connectivity index (χ4v) is 3.85. The van der Waals surface area contributed by atoms with E-state index in [2.05, 4.69) is 23.1 Å². The maximum atomic E-state index is 5.88. The SMILES string of the molecule is Nc1cccc(CN2CCCC3CCCCC32)c1. The summed E-state index contributed by atoms with van der Waals surface area (Å²) < 4.78 is 0. The average molecular weight is 244 g/mol. The summed E-state index contributed by atoms with van der Waals surface area (Å²) in [6, 6.07) is 9.24. The van der Waals surface area contributed by atoms with E-state index in [4.69, 9.17) is 5.73 Å². The number of nitrogen functional groups attached to an aromatic ring is 1. The second-order valence-electron chi connectivity index (χ2n) is 5.97. The van der Waals surface area contributed by atoms with Crippen LogP contribution in [0.15, 0.2) is 24.3 Å². The molecule has 2 N–H and O–H groups in total. The minimum absolute atomic E-state index is 0.842. The third-order valence-corrected chi connectivity index (χ3v) is 4.69. The van der Waals surface area contributed by atoms with Crippen LogP contribution in [0.1, 0.15) is 44.1 Å². The maximum absolute atomic E-state index is 5.88. The van der Waals surface area contributed by atoms with Crippen LogP contribution in [0.5, 0.6) is 0 Å². The maximum Gasteiger partial charge on any atom is 0.0317 e. The van der Waals surface area contributed by atoms with E-state index in [1.807, 2.05) is 6.07 Å². The van der Waals surface area contributed by atoms with Gasteiger partial charge in [-0.15, -0.1) is 0 Å². The van der Waals surface area contributed by atoms with Crippen molar-refractivity contribution < 1.29 is 0 Å². The van der Waals surface area contributed by atoms with Gasteiger partial charge in [0.05, 0.1) is 0 Å². The molecule has 0 amide bonds. The first kappa shape index (κ1) is 12.0. The predicted molar refractivity (Wildman–Crippen MR) is 76.2 cm³/mol. The van der Waals surface area contributed by atoms with E-state index in [0.29, 0.717) is 0 Å². The van der Waals surface area contributed by atoms with Crippen molar-refractivity contribution in [1.29, 1.82) is 0 Å². The van der Waals surface area contributed by atoms with Crippen LogP contribution in [0.3, 0.4) is 0 Å². The Kier molecular flexibility index (Phi) is 3.55. The van der Waals surface area contributed by atoms with Crippen molar-refractivity contribution >= 4 is 5.69 Å². The minimum Gasteiger partial charge on any atom is -0.399 e. The van der Waals surface area contributed by atoms with Gasteiger partial charge in [-0.05, 0) is 55.8 Å². The molecule has 2 fully saturated rings. The number of nitrogens with zero attached hydrogens (tertiary/aromatic N) is 1. The van der Waals surface area contributed by atoms with Gasteiger partial charge in [-0.2, -0.15) is 0 Å². The van der Waals surface area contributed by atoms with Crippen LogP contribution in [-0.2, 0) is 6.54 Å². The first-order chi connectivity index (χ1) is 8.83. The summed E-state index contributed by atoms with van der Waals surface area (Å²) in [6.45, 7) is 2.36. The number of hydrogen-bond donors (Lipinski definition) is 1. The summed E-state index contributed by atoms with van der Waals surface area (Å²) in [5.41, 5.74) is 8.15. The van der Waals surface area contributed by atoms with Crippen molar-refractivity contribution in [2.75, 3.05) is 12.3 Å². The molecule has 2 nitrogen and oxygen atoms in total. The highest BCUT2D eigenvalue weighted by atomic mass is 15.2. The fraction of sp³-hybridized carbons (Fsp3) is 0.625. The number of rotatable bonds is 2. The molecule has 2 aliphatic rings. The van der Waals surface area contributed by atoms with E-state index in [9.17, 15) is 0 Å². The Morgan fingerprint density at radius 1 is 1.11 bits per heavy atom. The molecule has 0 spiro atoms. The molecule has 18 heavy (non-hydrogen) atoms. The number of hydrogen-bond acceptors (Lipinski definition) is 2. The van der Waals surface area contributed by atoms with Crippen LogP contribution in [0.2, 0.25) is 0 Å². The van der Waals surface area contributed by atoms with Gasteiger partial charge in [0, 0.05) is 18.3 Å². The highest BCUT2D eigenvalue weighted by Crippen LogP contribution is 2.35. The molecule has 1 aromatic carbocycles. The average Bonchev–Trinajstić information content (AvgIpc) is 2.39. The first-order valence-corrected chi connectivity index (χ1v) is 7.41. The molecule has 0 aromatic heterocycles. The zero-order valence-electron chi connectivity index (χ0n) is 11.1. The molecule has 1 aliphatic heterocycles. The summed E-state index contributed by atoms with van der Waals surface area (Å²) in [5, 5.41) is 0. The van der Waals surface area contributed by atoms with Gasteiger partial charge in [0.2, 0.25) is 0 Å². The quantitative estimate of drug-likeness (QED) is 0.808. The van der Waals surface area contributed by atoms with Crippen LogP contribution in [0.4, 0.5) is 5.69 Å². The molecular formula is C16H24N2. The lowest BCUT2D eigenvalue weighted by Gasteiger charge is -2.44. The van der Waals surface area contributed by atoms with E-state index in [0.717, 1.165) is 24.2 Å². The summed E-state index contributed by atoms with van der Waals surface area (Å²) in [4.78, 5) is 2.71. The van der Waals surface area contributed by atoms with Gasteiger partial charge < -0.3 is 5.73 Å². The first-order valence-electron chi connectivity index (χ1n) is 7.41. The van der Waals surface area contributed by atoms with Crippen LogP contribution in [-0.4, -0.2) is 17.5 Å². The van der Waals surface area contributed by atoms with E-state index < -0.39 is 0 Å². The van der Waals surface area contributed by atoms with Gasteiger partial charge >= 0.3 is 0 Å². The second-order valence-corrected chi connectivity index (χ2v) is 5.97. The van der Waals surface area contributed by atoms with Crippen LogP contribution >= 0.6 is 0 Å². The topological polar surface area (TPSA) is 29.3 Å². The Morgan fingerprint density at radius 2 is 1.94 bits per heavy atom. The van der Waals surface area contributed by atoms with Crippen molar-refractivity contribution in [1.82, 2.24) is 4.90 Å². The lowest BCUT2D eigenvalue weighted by molar-refractivity contribution is 0.0547. The zero-order chi connectivity index (χ0) is 12.4.